The van der Waals surface area contributed by atoms with Gasteiger partial charge in [0.2, 0.25) is 0 Å². The largest absolute Gasteiger partial charge is 0.493 e. The molecule has 0 atom stereocenters. The van der Waals surface area contributed by atoms with Crippen molar-refractivity contribution in [3.05, 3.63) is 52.5 Å². The summed E-state index contributed by atoms with van der Waals surface area (Å²) >= 11 is 9.52. The van der Waals surface area contributed by atoms with E-state index in [2.05, 4.69) is 22.0 Å². The fraction of sp³-hybridized carbons (Fsp3) is 0.133. The molecule has 0 aliphatic carbocycles. The lowest BCUT2D eigenvalue weighted by Gasteiger charge is -2.13. The van der Waals surface area contributed by atoms with Gasteiger partial charge in [-0.05, 0) is 24.3 Å². The monoisotopic (exact) mass is 351 g/mol. The van der Waals surface area contributed by atoms with Gasteiger partial charge in [-0.25, -0.2) is 0 Å². The summed E-state index contributed by atoms with van der Waals surface area (Å²) in [7, 11) is 1.53. The maximum atomic E-state index is 8.89. The molecule has 3 nitrogen and oxygen atoms in total. The van der Waals surface area contributed by atoms with E-state index in [9.17, 15) is 0 Å². The molecule has 0 radical (unpaired) electrons. The van der Waals surface area contributed by atoms with Gasteiger partial charge in [-0.2, -0.15) is 5.26 Å². The van der Waals surface area contributed by atoms with Crippen molar-refractivity contribution in [3.63, 3.8) is 0 Å². The Bertz CT molecular complexity index is 667. The van der Waals surface area contributed by atoms with Crippen LogP contribution in [0.1, 0.15) is 11.1 Å². The molecule has 0 amide bonds. The van der Waals surface area contributed by atoms with Crippen LogP contribution < -0.4 is 9.47 Å². The molecule has 0 heterocycles. The van der Waals surface area contributed by atoms with Crippen LogP contribution in [0.2, 0.25) is 5.02 Å². The lowest BCUT2D eigenvalue weighted by Crippen LogP contribution is -1.94. The summed E-state index contributed by atoms with van der Waals surface area (Å²) in [5, 5.41) is 10.1. The van der Waals surface area contributed by atoms with Gasteiger partial charge < -0.3 is 9.47 Å². The van der Waals surface area contributed by atoms with Crippen LogP contribution in [0.15, 0.2) is 36.4 Å². The van der Waals surface area contributed by atoms with Gasteiger partial charge in [0.25, 0.3) is 0 Å². The maximum Gasteiger partial charge on any atom is 0.169 e. The average Bonchev–Trinajstić information content (AvgIpc) is 2.48. The Morgan fingerprint density at radius 2 is 2.00 bits per heavy atom. The summed E-state index contributed by atoms with van der Waals surface area (Å²) in [6.45, 7) is 0. The first-order chi connectivity index (χ1) is 9.69. The molecule has 0 fully saturated rings. The molecule has 5 heteroatoms. The Balaban J connectivity index is 2.40. The van der Waals surface area contributed by atoms with Crippen molar-refractivity contribution >= 4 is 27.5 Å². The predicted molar refractivity (Wildman–Crippen MR) is 81.9 cm³/mol. The average molecular weight is 353 g/mol. The Morgan fingerprint density at radius 1 is 1.20 bits per heavy atom. The third-order valence-electron chi connectivity index (χ3n) is 2.72. The standard InChI is InChI=1S/C15H11BrClNO2/c1-19-15-7-10(9-18)5-6-14(15)20-13-4-2-3-12(17)11(13)8-16/h2-7H,8H2,1H3. The first-order valence-corrected chi connectivity index (χ1v) is 7.29. The molecule has 0 aromatic heterocycles. The molecule has 0 spiro atoms. The minimum absolute atomic E-state index is 0.504. The maximum absolute atomic E-state index is 8.89. The first kappa shape index (κ1) is 14.7. The molecule has 0 saturated heterocycles. The summed E-state index contributed by atoms with van der Waals surface area (Å²) in [6, 6.07) is 12.5. The van der Waals surface area contributed by atoms with Gasteiger partial charge in [-0.3, -0.25) is 0 Å². The number of halogens is 2. The number of rotatable bonds is 4. The van der Waals surface area contributed by atoms with Crippen molar-refractivity contribution in [2.45, 2.75) is 5.33 Å². The van der Waals surface area contributed by atoms with Crippen LogP contribution >= 0.6 is 27.5 Å². The lowest BCUT2D eigenvalue weighted by atomic mass is 10.2. The number of methoxy groups -OCH3 is 1. The van der Waals surface area contributed by atoms with Gasteiger partial charge in [0.1, 0.15) is 5.75 Å². The van der Waals surface area contributed by atoms with E-state index >= 15 is 0 Å². The molecule has 0 aliphatic rings. The predicted octanol–water partition coefficient (Wildman–Crippen LogP) is 4.91. The van der Waals surface area contributed by atoms with Gasteiger partial charge >= 0.3 is 0 Å². The van der Waals surface area contributed by atoms with Crippen LogP contribution in [0.5, 0.6) is 17.2 Å². The molecular formula is C15H11BrClNO2. The Hall–Kier alpha value is -1.70. The second-order valence-electron chi connectivity index (χ2n) is 3.93. The zero-order valence-electron chi connectivity index (χ0n) is 10.7. The molecule has 0 N–H and O–H groups in total. The quantitative estimate of drug-likeness (QED) is 0.734. The van der Waals surface area contributed by atoms with Crippen molar-refractivity contribution < 1.29 is 9.47 Å². The molecule has 2 aromatic rings. The highest BCUT2D eigenvalue weighted by atomic mass is 79.9. The first-order valence-electron chi connectivity index (χ1n) is 5.79. The highest BCUT2D eigenvalue weighted by Crippen LogP contribution is 2.36. The van der Waals surface area contributed by atoms with Crippen molar-refractivity contribution in [1.82, 2.24) is 0 Å². The number of nitriles is 1. The summed E-state index contributed by atoms with van der Waals surface area (Å²) in [5.74, 6) is 1.69. The third kappa shape index (κ3) is 3.06. The van der Waals surface area contributed by atoms with Crippen molar-refractivity contribution in [1.29, 1.82) is 5.26 Å². The van der Waals surface area contributed by atoms with E-state index in [1.807, 2.05) is 12.1 Å². The second-order valence-corrected chi connectivity index (χ2v) is 4.90. The number of hydrogen-bond donors (Lipinski definition) is 0. The molecule has 0 aliphatic heterocycles. The van der Waals surface area contributed by atoms with Gasteiger partial charge in [0.15, 0.2) is 11.5 Å². The zero-order chi connectivity index (χ0) is 14.5. The van der Waals surface area contributed by atoms with E-state index in [0.717, 1.165) is 5.56 Å². The smallest absolute Gasteiger partial charge is 0.169 e. The van der Waals surface area contributed by atoms with Crippen LogP contribution in [0.25, 0.3) is 0 Å². The number of nitrogens with zero attached hydrogens (tertiary/aromatic N) is 1. The van der Waals surface area contributed by atoms with Crippen LogP contribution in [0, 0.1) is 11.3 Å². The summed E-state index contributed by atoms with van der Waals surface area (Å²) in [6.07, 6.45) is 0. The van der Waals surface area contributed by atoms with Crippen LogP contribution in [0.4, 0.5) is 0 Å². The molecular weight excluding hydrogens is 342 g/mol. The van der Waals surface area contributed by atoms with Crippen LogP contribution in [0.3, 0.4) is 0 Å². The number of alkyl halides is 1. The van der Waals surface area contributed by atoms with Crippen molar-refractivity contribution in [2.75, 3.05) is 7.11 Å². The van der Waals surface area contributed by atoms with Gasteiger partial charge in [0.05, 0.1) is 18.7 Å². The van der Waals surface area contributed by atoms with Crippen molar-refractivity contribution in [2.24, 2.45) is 0 Å². The highest BCUT2D eigenvalue weighted by Gasteiger charge is 2.11. The van der Waals surface area contributed by atoms with Crippen LogP contribution in [-0.4, -0.2) is 7.11 Å². The summed E-state index contributed by atoms with van der Waals surface area (Å²) in [5.41, 5.74) is 1.38. The zero-order valence-corrected chi connectivity index (χ0v) is 13.0. The summed E-state index contributed by atoms with van der Waals surface area (Å²) in [4.78, 5) is 0. The number of ether oxygens (including phenoxy) is 2. The fourth-order valence-corrected chi connectivity index (χ4v) is 2.68. The van der Waals surface area contributed by atoms with E-state index in [4.69, 9.17) is 26.3 Å². The topological polar surface area (TPSA) is 42.2 Å². The summed E-state index contributed by atoms with van der Waals surface area (Å²) < 4.78 is 11.1. The van der Waals surface area contributed by atoms with E-state index in [1.54, 1.807) is 24.3 Å². The highest BCUT2D eigenvalue weighted by molar-refractivity contribution is 9.08. The van der Waals surface area contributed by atoms with E-state index in [1.165, 1.54) is 7.11 Å². The van der Waals surface area contributed by atoms with E-state index in [-0.39, 0.29) is 0 Å². The SMILES string of the molecule is COc1cc(C#N)ccc1Oc1cccc(Cl)c1CBr. The normalized spacial score (nSPS) is 9.90. The van der Waals surface area contributed by atoms with Gasteiger partial charge in [-0.1, -0.05) is 33.6 Å². The molecule has 20 heavy (non-hydrogen) atoms. The third-order valence-corrected chi connectivity index (χ3v) is 3.64. The Kier molecular flexibility index (Phi) is 4.89. The minimum atomic E-state index is 0.504. The fourth-order valence-electron chi connectivity index (χ4n) is 1.70. The van der Waals surface area contributed by atoms with Gasteiger partial charge in [0, 0.05) is 22.0 Å². The number of benzene rings is 2. The van der Waals surface area contributed by atoms with E-state index in [0.29, 0.717) is 33.2 Å². The van der Waals surface area contributed by atoms with E-state index < -0.39 is 0 Å². The molecule has 0 bridgehead atoms. The van der Waals surface area contributed by atoms with Crippen molar-refractivity contribution in [3.8, 4) is 23.3 Å². The molecule has 0 unspecified atom stereocenters. The number of hydrogen-bond acceptors (Lipinski definition) is 3. The molecule has 0 saturated carbocycles. The van der Waals surface area contributed by atoms with Crippen LogP contribution in [-0.2, 0) is 5.33 Å². The molecule has 2 rings (SSSR count). The van der Waals surface area contributed by atoms with Gasteiger partial charge in [-0.15, -0.1) is 0 Å². The Labute approximate surface area is 130 Å². The Morgan fingerprint density at radius 3 is 2.65 bits per heavy atom. The lowest BCUT2D eigenvalue weighted by molar-refractivity contribution is 0.378. The second kappa shape index (κ2) is 6.65. The minimum Gasteiger partial charge on any atom is -0.493 e. The molecule has 102 valence electrons. The molecule has 2 aromatic carbocycles.